The van der Waals surface area contributed by atoms with E-state index in [-0.39, 0.29) is 29.8 Å². The van der Waals surface area contributed by atoms with Gasteiger partial charge in [-0.15, -0.1) is 0 Å². The van der Waals surface area contributed by atoms with E-state index in [1.807, 2.05) is 6.92 Å². The minimum absolute atomic E-state index is 0.0597. The highest BCUT2D eigenvalue weighted by molar-refractivity contribution is 5.73. The number of aryl methyl sites for hydroxylation is 1. The summed E-state index contributed by atoms with van der Waals surface area (Å²) in [6.45, 7) is 3.07. The maximum atomic E-state index is 12.2. The highest BCUT2D eigenvalue weighted by Crippen LogP contribution is 2.48. The molecule has 0 bridgehead atoms. The van der Waals surface area contributed by atoms with Crippen LogP contribution in [0.2, 0.25) is 0 Å². The van der Waals surface area contributed by atoms with Crippen LogP contribution in [-0.2, 0) is 16.0 Å². The molecule has 1 N–H and O–H groups in total. The molecule has 6 nitrogen and oxygen atoms in total. The lowest BCUT2D eigenvalue weighted by molar-refractivity contribution is -0.145. The van der Waals surface area contributed by atoms with Crippen molar-refractivity contribution in [3.8, 4) is 5.75 Å². The number of ether oxygens (including phenoxy) is 2. The van der Waals surface area contributed by atoms with Gasteiger partial charge in [0.2, 0.25) is 0 Å². The van der Waals surface area contributed by atoms with Crippen LogP contribution in [0.4, 0.5) is 4.79 Å². The second kappa shape index (κ2) is 7.64. The molecule has 1 aliphatic carbocycles. The third-order valence-corrected chi connectivity index (χ3v) is 6.64. The zero-order valence-corrected chi connectivity index (χ0v) is 16.6. The molecule has 28 heavy (non-hydrogen) atoms. The van der Waals surface area contributed by atoms with Crippen LogP contribution in [0.5, 0.6) is 5.75 Å². The second-order valence-corrected chi connectivity index (χ2v) is 8.54. The van der Waals surface area contributed by atoms with Crippen LogP contribution in [0.1, 0.15) is 49.7 Å². The molecule has 152 valence electrons. The van der Waals surface area contributed by atoms with Crippen molar-refractivity contribution in [3.05, 3.63) is 29.3 Å². The maximum Gasteiger partial charge on any atom is 0.407 e. The zero-order valence-electron chi connectivity index (χ0n) is 16.6. The van der Waals surface area contributed by atoms with E-state index in [4.69, 9.17) is 14.6 Å². The van der Waals surface area contributed by atoms with Crippen LogP contribution in [0.15, 0.2) is 18.2 Å². The first-order valence-electron chi connectivity index (χ1n) is 10.3. The fraction of sp³-hybridized carbons (Fsp3) is 0.636. The highest BCUT2D eigenvalue weighted by Gasteiger charge is 2.41. The van der Waals surface area contributed by atoms with E-state index < -0.39 is 6.09 Å². The smallest absolute Gasteiger partial charge is 0.407 e. The van der Waals surface area contributed by atoms with Crippen LogP contribution in [-0.4, -0.2) is 48.4 Å². The van der Waals surface area contributed by atoms with Crippen LogP contribution in [0.25, 0.3) is 0 Å². The summed E-state index contributed by atoms with van der Waals surface area (Å²) in [5, 5.41) is 9.08. The lowest BCUT2D eigenvalue weighted by atomic mass is 9.82. The summed E-state index contributed by atoms with van der Waals surface area (Å²) in [7, 11) is 1.45. The van der Waals surface area contributed by atoms with Crippen molar-refractivity contribution in [3.63, 3.8) is 0 Å². The predicted molar refractivity (Wildman–Crippen MR) is 104 cm³/mol. The molecule has 1 saturated heterocycles. The van der Waals surface area contributed by atoms with Gasteiger partial charge in [0, 0.05) is 19.0 Å². The third-order valence-electron chi connectivity index (χ3n) is 6.64. The van der Waals surface area contributed by atoms with E-state index in [0.29, 0.717) is 19.0 Å². The number of fused-ring (bicyclic) bond motifs is 1. The summed E-state index contributed by atoms with van der Waals surface area (Å²) in [5.74, 6) is 1.54. The number of carboxylic acid groups (broad SMARTS) is 1. The van der Waals surface area contributed by atoms with Gasteiger partial charge in [-0.05, 0) is 61.1 Å². The van der Waals surface area contributed by atoms with Gasteiger partial charge in [-0.25, -0.2) is 4.79 Å². The number of nitrogens with zero attached hydrogens (tertiary/aromatic N) is 1. The molecule has 0 spiro atoms. The number of methoxy groups -OCH3 is 1. The number of carbonyl (C=O) groups is 2. The van der Waals surface area contributed by atoms with Crippen molar-refractivity contribution in [2.75, 3.05) is 20.2 Å². The van der Waals surface area contributed by atoms with Crippen molar-refractivity contribution in [2.24, 2.45) is 17.8 Å². The van der Waals surface area contributed by atoms with E-state index in [0.717, 1.165) is 43.4 Å². The molecular weight excluding hydrogens is 358 g/mol. The number of amides is 1. The molecule has 6 heteroatoms. The van der Waals surface area contributed by atoms with Gasteiger partial charge in [0.25, 0.3) is 0 Å². The number of hydrogen-bond donors (Lipinski definition) is 1. The number of hydrogen-bond acceptors (Lipinski definition) is 4. The van der Waals surface area contributed by atoms with E-state index in [2.05, 4.69) is 18.2 Å². The van der Waals surface area contributed by atoms with Crippen LogP contribution < -0.4 is 4.74 Å². The minimum Gasteiger partial charge on any atom is -0.490 e. The van der Waals surface area contributed by atoms with Gasteiger partial charge in [-0.3, -0.25) is 4.79 Å². The van der Waals surface area contributed by atoms with Crippen LogP contribution in [0.3, 0.4) is 0 Å². The second-order valence-electron chi connectivity index (χ2n) is 8.54. The largest absolute Gasteiger partial charge is 0.490 e. The Morgan fingerprint density at radius 3 is 2.64 bits per heavy atom. The molecule has 2 aliphatic heterocycles. The monoisotopic (exact) mass is 387 g/mol. The fourth-order valence-corrected chi connectivity index (χ4v) is 4.80. The molecule has 0 aromatic heterocycles. The van der Waals surface area contributed by atoms with Gasteiger partial charge in [0.15, 0.2) is 0 Å². The maximum absolute atomic E-state index is 12.2. The lowest BCUT2D eigenvalue weighted by Gasteiger charge is -2.41. The molecule has 0 radical (unpaired) electrons. The average Bonchev–Trinajstić information content (AvgIpc) is 3.46. The Morgan fingerprint density at radius 2 is 2.00 bits per heavy atom. The molecule has 4 rings (SSSR count). The van der Waals surface area contributed by atoms with Gasteiger partial charge >= 0.3 is 12.1 Å². The number of rotatable bonds is 5. The first-order valence-corrected chi connectivity index (χ1v) is 10.3. The first kappa shape index (κ1) is 19.1. The minimum atomic E-state index is -0.850. The quantitative estimate of drug-likeness (QED) is 0.780. The van der Waals surface area contributed by atoms with Crippen LogP contribution >= 0.6 is 0 Å². The molecule has 2 heterocycles. The van der Waals surface area contributed by atoms with Gasteiger partial charge in [0.1, 0.15) is 11.9 Å². The summed E-state index contributed by atoms with van der Waals surface area (Å²) in [5.41, 5.74) is 2.36. The Morgan fingerprint density at radius 1 is 1.25 bits per heavy atom. The van der Waals surface area contributed by atoms with Crippen molar-refractivity contribution >= 4 is 12.1 Å². The normalized spacial score (nSPS) is 24.2. The average molecular weight is 387 g/mol. The summed E-state index contributed by atoms with van der Waals surface area (Å²) in [4.78, 5) is 24.7. The Bertz CT molecular complexity index is 753. The molecule has 1 aromatic rings. The van der Waals surface area contributed by atoms with Crippen molar-refractivity contribution in [1.82, 2.24) is 4.90 Å². The number of benzene rings is 1. The van der Waals surface area contributed by atoms with Crippen LogP contribution in [0, 0.1) is 17.8 Å². The predicted octanol–water partition coefficient (Wildman–Crippen LogP) is 3.68. The molecule has 3 aliphatic rings. The van der Waals surface area contributed by atoms with E-state index in [9.17, 15) is 9.59 Å². The van der Waals surface area contributed by atoms with E-state index in [1.54, 1.807) is 0 Å². The standard InChI is InChI=1S/C22H29NO5/c1-13(21(24)27-2)20(15-7-8-15)16-9-6-14-4-3-5-18(28-19(14)10-16)17-11-23(12-17)22(25)26/h6,9-10,13,15,17-18,20H,3-5,7-8,11-12H2,1-2H3,(H,25,26). The van der Waals surface area contributed by atoms with Gasteiger partial charge in [0.05, 0.1) is 13.0 Å². The van der Waals surface area contributed by atoms with E-state index in [1.165, 1.54) is 17.6 Å². The number of carbonyl (C=O) groups excluding carboxylic acids is 1. The SMILES string of the molecule is COC(=O)C(C)C(c1ccc2c(c1)OC(C1CN(C(=O)O)C1)CCC2)C1CC1. The zero-order chi connectivity index (χ0) is 19.8. The molecule has 3 atom stereocenters. The summed E-state index contributed by atoms with van der Waals surface area (Å²) in [6.07, 6.45) is 4.49. The van der Waals surface area contributed by atoms with E-state index >= 15 is 0 Å². The van der Waals surface area contributed by atoms with Gasteiger partial charge < -0.3 is 19.5 Å². The number of esters is 1. The Kier molecular flexibility index (Phi) is 5.21. The van der Waals surface area contributed by atoms with Crippen molar-refractivity contribution < 1.29 is 24.2 Å². The van der Waals surface area contributed by atoms with Crippen molar-refractivity contribution in [1.29, 1.82) is 0 Å². The van der Waals surface area contributed by atoms with Gasteiger partial charge in [-0.1, -0.05) is 19.1 Å². The third kappa shape index (κ3) is 3.69. The summed E-state index contributed by atoms with van der Waals surface area (Å²) >= 11 is 0. The van der Waals surface area contributed by atoms with Crippen molar-refractivity contribution in [2.45, 2.75) is 51.0 Å². The first-order chi connectivity index (χ1) is 13.5. The Balaban J connectivity index is 1.53. The molecule has 3 unspecified atom stereocenters. The molecule has 1 saturated carbocycles. The Hall–Kier alpha value is -2.24. The molecule has 1 aromatic carbocycles. The Labute approximate surface area is 165 Å². The summed E-state index contributed by atoms with van der Waals surface area (Å²) < 4.78 is 11.4. The molecule has 1 amide bonds. The van der Waals surface area contributed by atoms with Gasteiger partial charge in [-0.2, -0.15) is 0 Å². The fourth-order valence-electron chi connectivity index (χ4n) is 4.80. The highest BCUT2D eigenvalue weighted by atomic mass is 16.5. The number of likely N-dealkylation sites (tertiary alicyclic amines) is 1. The summed E-state index contributed by atoms with van der Waals surface area (Å²) in [6, 6.07) is 6.43. The topological polar surface area (TPSA) is 76.1 Å². The molecule has 2 fully saturated rings. The lowest BCUT2D eigenvalue weighted by Crippen LogP contribution is -2.55. The molecular formula is C22H29NO5.